The summed E-state index contributed by atoms with van der Waals surface area (Å²) < 4.78 is 0. The maximum atomic E-state index is 3.77. The Balaban J connectivity index is -0.0000000782. The van der Waals surface area contributed by atoms with Gasteiger partial charge in [-0.3, -0.25) is 0 Å². The first-order valence-corrected chi connectivity index (χ1v) is 12.5. The minimum Gasteiger partial charge on any atom is -0.338 e. The minimum atomic E-state index is 0. The van der Waals surface area contributed by atoms with E-state index in [4.69, 9.17) is 0 Å². The number of rotatable bonds is 0. The van der Waals surface area contributed by atoms with Gasteiger partial charge in [0.05, 0.1) is 0 Å². The molecule has 0 atom stereocenters. The van der Waals surface area contributed by atoms with E-state index in [-0.39, 0.29) is 38.3 Å². The second-order valence-electron chi connectivity index (χ2n) is 6.52. The van der Waals surface area contributed by atoms with Gasteiger partial charge in [-0.2, -0.15) is 23.6 Å². The fraction of sp³-hybridized carbons (Fsp3) is 0.625. The van der Waals surface area contributed by atoms with Crippen LogP contribution >= 0.6 is 15.8 Å². The molecule has 0 bridgehead atoms. The standard InChI is InChI=1S/C5H5.C5H11.2C3H9P.Fe/c1-2-4-5-3-1;1-5(2,3)4;2*1-4(2)3;/h1-5H;1H2,2-4H3;2*1-3H3;/q2*-1;;;+6/p+2. The van der Waals surface area contributed by atoms with Crippen molar-refractivity contribution in [3.05, 3.63) is 37.3 Å². The second kappa shape index (κ2) is 18.7. The molecule has 0 saturated carbocycles. The molecule has 0 aliphatic heterocycles. The van der Waals surface area contributed by atoms with Gasteiger partial charge in [-0.15, -0.1) is 0 Å². The first-order chi connectivity index (χ1) is 7.96. The van der Waals surface area contributed by atoms with Crippen LogP contribution in [0.3, 0.4) is 0 Å². The van der Waals surface area contributed by atoms with Crippen LogP contribution < -0.4 is 0 Å². The van der Waals surface area contributed by atoms with Crippen molar-refractivity contribution in [1.29, 1.82) is 0 Å². The van der Waals surface area contributed by atoms with E-state index in [1.54, 1.807) is 0 Å². The molecule has 112 valence electrons. The molecule has 0 N–H and O–H groups in total. The summed E-state index contributed by atoms with van der Waals surface area (Å²) in [5, 5.41) is 0. The molecule has 19 heavy (non-hydrogen) atoms. The van der Waals surface area contributed by atoms with E-state index >= 15 is 0 Å². The Labute approximate surface area is 136 Å². The van der Waals surface area contributed by atoms with Crippen LogP contribution in [0.25, 0.3) is 0 Å². The smallest absolute Gasteiger partial charge is 0.338 e. The number of hydrogen-bond donors (Lipinski definition) is 0. The third-order valence-electron chi connectivity index (χ3n) is 0.556. The third kappa shape index (κ3) is 160. The molecular weight excluding hydrogens is 310 g/mol. The fourth-order valence-electron chi connectivity index (χ4n) is 0.321. The van der Waals surface area contributed by atoms with E-state index in [0.717, 1.165) is 0 Å². The molecule has 0 radical (unpaired) electrons. The molecule has 0 aromatic heterocycles. The van der Waals surface area contributed by atoms with E-state index in [9.17, 15) is 0 Å². The van der Waals surface area contributed by atoms with Crippen molar-refractivity contribution < 1.29 is 17.1 Å². The van der Waals surface area contributed by atoms with Crippen LogP contribution in [0.4, 0.5) is 0 Å². The number of hydrogen-bond acceptors (Lipinski definition) is 0. The Hall–Kier alpha value is 0.729. The third-order valence-corrected chi connectivity index (χ3v) is 0.556. The zero-order valence-electron chi connectivity index (χ0n) is 14.4. The van der Waals surface area contributed by atoms with Crippen molar-refractivity contribution in [2.24, 2.45) is 5.41 Å². The van der Waals surface area contributed by atoms with E-state index in [0.29, 0.717) is 0 Å². The molecule has 0 saturated heterocycles. The van der Waals surface area contributed by atoms with Crippen LogP contribution in [-0.4, -0.2) is 40.0 Å². The summed E-state index contributed by atoms with van der Waals surface area (Å²) in [7, 11) is 0.241. The van der Waals surface area contributed by atoms with Gasteiger partial charge in [0, 0.05) is 40.0 Å². The predicted molar refractivity (Wildman–Crippen MR) is 99.0 cm³/mol. The average Bonchev–Trinajstić information content (AvgIpc) is 2.51. The van der Waals surface area contributed by atoms with Gasteiger partial charge in [0.1, 0.15) is 0 Å². The zero-order valence-corrected chi connectivity index (χ0v) is 17.6. The summed E-state index contributed by atoms with van der Waals surface area (Å²) in [6.07, 6.45) is 0. The van der Waals surface area contributed by atoms with Gasteiger partial charge in [-0.25, -0.2) is 12.1 Å². The summed E-state index contributed by atoms with van der Waals surface area (Å²) >= 11 is 0. The fourth-order valence-corrected chi connectivity index (χ4v) is 0.321. The molecule has 0 aliphatic carbocycles. The largest absolute Gasteiger partial charge is 6.00 e. The van der Waals surface area contributed by atoms with Crippen molar-refractivity contribution in [2.75, 3.05) is 40.0 Å². The normalized spacial score (nSPS) is 9.05. The van der Waals surface area contributed by atoms with E-state index in [1.807, 2.05) is 30.3 Å². The summed E-state index contributed by atoms with van der Waals surface area (Å²) in [5.41, 5.74) is 0.250. The Morgan fingerprint density at radius 1 is 0.789 bits per heavy atom. The quantitative estimate of drug-likeness (QED) is 0.333. The van der Waals surface area contributed by atoms with Gasteiger partial charge in [-0.1, -0.05) is 20.8 Å². The van der Waals surface area contributed by atoms with Crippen molar-refractivity contribution in [2.45, 2.75) is 20.8 Å². The Morgan fingerprint density at radius 2 is 0.947 bits per heavy atom. The Kier molecular flexibility index (Phi) is 27.6. The van der Waals surface area contributed by atoms with Crippen molar-refractivity contribution in [1.82, 2.24) is 0 Å². The van der Waals surface area contributed by atoms with Gasteiger partial charge >= 0.3 is 17.1 Å². The van der Waals surface area contributed by atoms with Gasteiger partial charge in [-0.05, 0) is 15.8 Å². The predicted octanol–water partition coefficient (Wildman–Crippen LogP) is 5.45. The molecule has 0 unspecified atom stereocenters. The van der Waals surface area contributed by atoms with Crippen LogP contribution in [0.1, 0.15) is 20.8 Å². The molecule has 0 spiro atoms. The Bertz CT molecular complexity index is 176. The van der Waals surface area contributed by atoms with Crippen molar-refractivity contribution >= 4 is 15.8 Å². The summed E-state index contributed by atoms with van der Waals surface area (Å²) in [5.74, 6) is 0. The molecule has 0 aliphatic rings. The molecule has 0 fully saturated rings. The van der Waals surface area contributed by atoms with Crippen molar-refractivity contribution in [3.63, 3.8) is 0 Å². The van der Waals surface area contributed by atoms with Gasteiger partial charge in [0.15, 0.2) is 0 Å². The summed E-state index contributed by atoms with van der Waals surface area (Å²) in [6, 6.07) is 10.0. The first kappa shape index (κ1) is 28.0. The first-order valence-electron chi connectivity index (χ1n) is 6.52. The topological polar surface area (TPSA) is 0 Å². The maximum Gasteiger partial charge on any atom is 6.00 e. The van der Waals surface area contributed by atoms with Crippen LogP contribution in [-0.2, 0) is 17.1 Å². The van der Waals surface area contributed by atoms with E-state index in [2.05, 4.69) is 67.7 Å². The SMILES string of the molecule is C[PH+](C)C.C[PH+](C)C.[CH2-]C(C)(C)C.[Fe+6].c1cc[cH-]c1. The summed E-state index contributed by atoms with van der Waals surface area (Å²) in [4.78, 5) is 0. The molecule has 1 aromatic rings. The zero-order chi connectivity index (χ0) is 15.2. The molecule has 1 aromatic carbocycles. The molecule has 0 amide bonds. The molecular formula is C16H36FeP2+6. The summed E-state index contributed by atoms with van der Waals surface area (Å²) in [6.45, 7) is 23.6. The van der Waals surface area contributed by atoms with Crippen LogP contribution in [0.5, 0.6) is 0 Å². The molecule has 1 rings (SSSR count). The maximum absolute atomic E-state index is 3.77. The molecule has 3 heteroatoms. The second-order valence-corrected chi connectivity index (χ2v) is 12.5. The van der Waals surface area contributed by atoms with E-state index in [1.165, 1.54) is 0 Å². The minimum absolute atomic E-state index is 0. The van der Waals surface area contributed by atoms with Gasteiger partial charge < -0.3 is 6.92 Å². The average molecular weight is 346 g/mol. The van der Waals surface area contributed by atoms with Gasteiger partial charge in [0.2, 0.25) is 0 Å². The Morgan fingerprint density at radius 3 is 1.00 bits per heavy atom. The molecule has 0 heterocycles. The molecule has 0 nitrogen and oxygen atoms in total. The van der Waals surface area contributed by atoms with Crippen LogP contribution in [0.2, 0.25) is 0 Å². The monoisotopic (exact) mass is 346 g/mol. The van der Waals surface area contributed by atoms with Gasteiger partial charge in [0.25, 0.3) is 0 Å². The van der Waals surface area contributed by atoms with Crippen LogP contribution in [0, 0.1) is 12.3 Å². The van der Waals surface area contributed by atoms with Crippen molar-refractivity contribution in [3.8, 4) is 0 Å². The van der Waals surface area contributed by atoms with Crippen LogP contribution in [0.15, 0.2) is 30.3 Å². The van der Waals surface area contributed by atoms with E-state index < -0.39 is 0 Å².